The lowest BCUT2D eigenvalue weighted by Crippen LogP contribution is -2.30. The van der Waals surface area contributed by atoms with Crippen molar-refractivity contribution in [2.45, 2.75) is 420 Å². The fourth-order valence-electron chi connectivity index (χ4n) is 12.0. The van der Waals surface area contributed by atoms with Crippen LogP contribution in [0.2, 0.25) is 0 Å². The van der Waals surface area contributed by atoms with Crippen LogP contribution in [-0.4, -0.2) is 96.7 Å². The fraction of sp³-hybridized carbons (Fsp3) is 0.949. The topological polar surface area (TPSA) is 237 Å². The number of unbranched alkanes of at least 4 members (excludes halogenated alkanes) is 41. The lowest BCUT2D eigenvalue weighted by Gasteiger charge is -2.21. The summed E-state index contributed by atoms with van der Waals surface area (Å²) in [5.41, 5.74) is 0. The number of phosphoric ester groups is 2. The normalized spacial score (nSPS) is 14.3. The zero-order valence-electron chi connectivity index (χ0n) is 64.4. The number of esters is 4. The second-order valence-electron chi connectivity index (χ2n) is 30.1. The minimum absolute atomic E-state index is 0.106. The molecule has 0 heterocycles. The van der Waals surface area contributed by atoms with Gasteiger partial charge in [-0.2, -0.15) is 0 Å². The van der Waals surface area contributed by atoms with E-state index in [2.05, 4.69) is 55.4 Å². The quantitative estimate of drug-likeness (QED) is 0.0222. The van der Waals surface area contributed by atoms with Gasteiger partial charge in [-0.25, -0.2) is 9.13 Å². The molecule has 0 aliphatic heterocycles. The third-order valence-corrected chi connectivity index (χ3v) is 20.6. The van der Waals surface area contributed by atoms with Gasteiger partial charge in [-0.05, 0) is 49.4 Å². The largest absolute Gasteiger partial charge is 0.472 e. The fourth-order valence-corrected chi connectivity index (χ4v) is 13.6. The highest BCUT2D eigenvalue weighted by Gasteiger charge is 2.30. The molecule has 19 heteroatoms. The number of rotatable bonds is 76. The van der Waals surface area contributed by atoms with E-state index in [1.165, 1.54) is 199 Å². The summed E-state index contributed by atoms with van der Waals surface area (Å²) in [7, 11) is -9.92. The van der Waals surface area contributed by atoms with Crippen LogP contribution in [0.15, 0.2) is 0 Å². The van der Waals surface area contributed by atoms with Gasteiger partial charge in [-0.3, -0.25) is 37.3 Å². The van der Waals surface area contributed by atoms with Crippen LogP contribution in [-0.2, 0) is 65.4 Å². The van der Waals surface area contributed by atoms with Crippen molar-refractivity contribution in [3.05, 3.63) is 0 Å². The van der Waals surface area contributed by atoms with Gasteiger partial charge in [-0.15, -0.1) is 0 Å². The van der Waals surface area contributed by atoms with Gasteiger partial charge in [0.05, 0.1) is 26.4 Å². The second kappa shape index (κ2) is 68.2. The van der Waals surface area contributed by atoms with Crippen LogP contribution < -0.4 is 0 Å². The highest BCUT2D eigenvalue weighted by molar-refractivity contribution is 7.47. The summed E-state index contributed by atoms with van der Waals surface area (Å²) in [4.78, 5) is 72.9. The Morgan fingerprint density at radius 3 is 0.724 bits per heavy atom. The predicted octanol–water partition coefficient (Wildman–Crippen LogP) is 23.2. The van der Waals surface area contributed by atoms with E-state index in [-0.39, 0.29) is 25.7 Å². The Bertz CT molecular complexity index is 1920. The molecule has 0 amide bonds. The van der Waals surface area contributed by atoms with Crippen molar-refractivity contribution in [2.75, 3.05) is 39.6 Å². The maximum absolute atomic E-state index is 13.1. The summed E-state index contributed by atoms with van der Waals surface area (Å²) in [5, 5.41) is 10.6. The smallest absolute Gasteiger partial charge is 0.462 e. The van der Waals surface area contributed by atoms with Crippen LogP contribution in [0.5, 0.6) is 0 Å². The Kier molecular flexibility index (Phi) is 66.8. The third kappa shape index (κ3) is 71.1. The van der Waals surface area contributed by atoms with Crippen molar-refractivity contribution in [3.63, 3.8) is 0 Å². The highest BCUT2D eigenvalue weighted by Crippen LogP contribution is 2.45. The van der Waals surface area contributed by atoms with Crippen molar-refractivity contribution >= 4 is 39.5 Å². The van der Waals surface area contributed by atoms with Gasteiger partial charge in [0.1, 0.15) is 19.3 Å². The standard InChI is InChI=1S/C79H154O17P2/c1-9-72(8)58-50-42-34-28-29-35-43-51-59-76(81)89-65-74(95-79(84)62-54-46-37-27-23-19-18-21-25-32-40-48-56-70(4)5)67-93-97(85,86)91-63-73(80)64-92-98(87,88)94-68-75(66-90-77(82)60-52-44-38-30-33-41-49-57-71(6)7)96-78(83)61-53-45-36-26-22-17-15-13-11-10-12-14-16-20-24-31-39-47-55-69(2)3/h69-75,80H,9-68H2,1-8H3,(H,85,86)(H,87,88)/t72?,73?,74-,75-/m1/s1. The molecule has 0 bridgehead atoms. The summed E-state index contributed by atoms with van der Waals surface area (Å²) in [6.45, 7) is 14.2. The Hall–Kier alpha value is -1.94. The number of carbonyl (C=O) groups excluding carboxylic acids is 4. The molecule has 0 aliphatic carbocycles. The van der Waals surface area contributed by atoms with Crippen molar-refractivity contribution in [1.29, 1.82) is 0 Å². The number of aliphatic hydroxyl groups excluding tert-OH is 1. The van der Waals surface area contributed by atoms with Crippen molar-refractivity contribution in [2.24, 2.45) is 23.7 Å². The third-order valence-electron chi connectivity index (χ3n) is 18.7. The summed E-state index contributed by atoms with van der Waals surface area (Å²) < 4.78 is 68.6. The molecule has 0 spiro atoms. The molecule has 0 fully saturated rings. The Morgan fingerprint density at radius 2 is 0.490 bits per heavy atom. The Labute approximate surface area is 600 Å². The summed E-state index contributed by atoms with van der Waals surface area (Å²) in [5.74, 6) is 0.961. The van der Waals surface area contributed by atoms with E-state index in [1.807, 2.05) is 0 Å². The number of hydrogen-bond acceptors (Lipinski definition) is 15. The molecule has 98 heavy (non-hydrogen) atoms. The molecule has 0 aromatic carbocycles. The average Bonchev–Trinajstić information content (AvgIpc) is 1.04. The molecule has 582 valence electrons. The van der Waals surface area contributed by atoms with E-state index in [0.717, 1.165) is 114 Å². The number of phosphoric acid groups is 2. The van der Waals surface area contributed by atoms with E-state index in [0.29, 0.717) is 31.6 Å². The van der Waals surface area contributed by atoms with Gasteiger partial charge in [-0.1, -0.05) is 351 Å². The lowest BCUT2D eigenvalue weighted by atomic mass is 9.99. The average molecular weight is 1440 g/mol. The van der Waals surface area contributed by atoms with Gasteiger partial charge in [0.15, 0.2) is 12.2 Å². The van der Waals surface area contributed by atoms with Crippen LogP contribution >= 0.6 is 15.6 Å². The van der Waals surface area contributed by atoms with Crippen molar-refractivity contribution in [1.82, 2.24) is 0 Å². The molecule has 0 saturated carbocycles. The molecule has 0 aliphatic rings. The lowest BCUT2D eigenvalue weighted by molar-refractivity contribution is -0.161. The highest BCUT2D eigenvalue weighted by atomic mass is 31.2. The molecule has 0 aromatic rings. The maximum Gasteiger partial charge on any atom is 0.472 e. The van der Waals surface area contributed by atoms with Gasteiger partial charge in [0, 0.05) is 25.7 Å². The first-order valence-corrected chi connectivity index (χ1v) is 43.7. The van der Waals surface area contributed by atoms with E-state index < -0.39 is 97.5 Å². The van der Waals surface area contributed by atoms with Gasteiger partial charge in [0.25, 0.3) is 0 Å². The van der Waals surface area contributed by atoms with E-state index in [4.69, 9.17) is 37.0 Å². The molecule has 17 nitrogen and oxygen atoms in total. The first-order chi connectivity index (χ1) is 47.1. The molecule has 0 saturated heterocycles. The van der Waals surface area contributed by atoms with Gasteiger partial charge < -0.3 is 33.8 Å². The van der Waals surface area contributed by atoms with Crippen molar-refractivity contribution in [3.8, 4) is 0 Å². The number of aliphatic hydroxyl groups is 1. The molecule has 4 unspecified atom stereocenters. The van der Waals surface area contributed by atoms with Crippen LogP contribution in [0.1, 0.15) is 402 Å². The van der Waals surface area contributed by atoms with Crippen molar-refractivity contribution < 1.29 is 80.2 Å². The maximum atomic E-state index is 13.1. The summed E-state index contributed by atoms with van der Waals surface area (Å²) in [6, 6.07) is 0. The minimum atomic E-state index is -4.96. The zero-order valence-corrected chi connectivity index (χ0v) is 66.2. The number of hydrogen-bond donors (Lipinski definition) is 3. The van der Waals surface area contributed by atoms with E-state index >= 15 is 0 Å². The molecule has 0 rings (SSSR count). The van der Waals surface area contributed by atoms with Gasteiger partial charge >= 0.3 is 39.5 Å². The van der Waals surface area contributed by atoms with Crippen LogP contribution in [0.4, 0.5) is 0 Å². The summed E-state index contributed by atoms with van der Waals surface area (Å²) in [6.07, 6.45) is 54.2. The molecule has 0 radical (unpaired) electrons. The summed E-state index contributed by atoms with van der Waals surface area (Å²) >= 11 is 0. The van der Waals surface area contributed by atoms with Crippen LogP contribution in [0.25, 0.3) is 0 Å². The predicted molar refractivity (Wildman–Crippen MR) is 400 cm³/mol. The molecule has 6 atom stereocenters. The van der Waals surface area contributed by atoms with Crippen LogP contribution in [0, 0.1) is 23.7 Å². The SMILES string of the molecule is CCC(C)CCCCCCCCCCC(=O)OC[C@H](COP(=O)(O)OCC(O)COP(=O)(O)OC[C@@H](COC(=O)CCCCCCCCCC(C)C)OC(=O)CCCCCCCCCCCCCCCCCCCCC(C)C)OC(=O)CCCCCCCCCCCCCCC(C)C. The number of ether oxygens (including phenoxy) is 4. The first-order valence-electron chi connectivity index (χ1n) is 40.7. The van der Waals surface area contributed by atoms with E-state index in [9.17, 15) is 43.2 Å². The van der Waals surface area contributed by atoms with E-state index in [1.54, 1.807) is 0 Å². The minimum Gasteiger partial charge on any atom is -0.462 e. The molecular formula is C79H154O17P2. The zero-order chi connectivity index (χ0) is 72.4. The monoisotopic (exact) mass is 1440 g/mol. The Morgan fingerprint density at radius 1 is 0.286 bits per heavy atom. The molecule has 0 aromatic heterocycles. The Balaban J connectivity index is 5.20. The van der Waals surface area contributed by atoms with Gasteiger partial charge in [0.2, 0.25) is 0 Å². The van der Waals surface area contributed by atoms with Crippen LogP contribution in [0.3, 0.4) is 0 Å². The number of carbonyl (C=O) groups is 4. The first kappa shape index (κ1) is 96.1. The molecular weight excluding hydrogens is 1280 g/mol. The second-order valence-corrected chi connectivity index (χ2v) is 33.0. The molecule has 3 N–H and O–H groups in total.